The lowest BCUT2D eigenvalue weighted by Crippen LogP contribution is -2.42. The van der Waals surface area contributed by atoms with Crippen LogP contribution in [0.1, 0.15) is 48.5 Å². The van der Waals surface area contributed by atoms with Crippen molar-refractivity contribution < 1.29 is 18.4 Å². The summed E-state index contributed by atoms with van der Waals surface area (Å²) in [5.74, 6) is -1.12. The summed E-state index contributed by atoms with van der Waals surface area (Å²) in [5, 5.41) is 7.19. The van der Waals surface area contributed by atoms with E-state index in [-0.39, 0.29) is 30.7 Å². The van der Waals surface area contributed by atoms with Crippen LogP contribution in [-0.4, -0.2) is 38.9 Å². The second kappa shape index (κ2) is 11.2. The molecule has 7 nitrogen and oxygen atoms in total. The SMILES string of the molecule is CC(C)(C)c1nn(-c2ccc(F)cc2)c2c1C(c1ccccc1F)SCC(=O)N2CC(=O)NCc1ccccn1. The van der Waals surface area contributed by atoms with Crippen molar-refractivity contribution in [3.8, 4) is 5.69 Å². The van der Waals surface area contributed by atoms with Gasteiger partial charge in [0.25, 0.3) is 0 Å². The van der Waals surface area contributed by atoms with E-state index in [0.29, 0.717) is 34.0 Å². The maximum Gasteiger partial charge on any atom is 0.240 e. The van der Waals surface area contributed by atoms with Crippen LogP contribution in [0.3, 0.4) is 0 Å². The largest absolute Gasteiger partial charge is 0.349 e. The molecule has 0 radical (unpaired) electrons. The van der Waals surface area contributed by atoms with E-state index in [1.165, 1.54) is 34.9 Å². The van der Waals surface area contributed by atoms with Crippen molar-refractivity contribution in [2.45, 2.75) is 38.0 Å². The number of hydrogen-bond acceptors (Lipinski definition) is 5. The van der Waals surface area contributed by atoms with Crippen molar-refractivity contribution in [1.82, 2.24) is 20.1 Å². The molecule has 2 aromatic heterocycles. The van der Waals surface area contributed by atoms with E-state index in [2.05, 4.69) is 10.3 Å². The number of aromatic nitrogens is 3. The third-order valence-electron chi connectivity index (χ3n) is 6.55. The Balaban J connectivity index is 1.66. The summed E-state index contributed by atoms with van der Waals surface area (Å²) in [6.45, 7) is 5.89. The summed E-state index contributed by atoms with van der Waals surface area (Å²) in [6, 6.07) is 17.6. The number of hydrogen-bond donors (Lipinski definition) is 1. The predicted molar refractivity (Wildman–Crippen MR) is 151 cm³/mol. The lowest BCUT2D eigenvalue weighted by molar-refractivity contribution is -0.123. The molecule has 10 heteroatoms. The maximum atomic E-state index is 15.2. The minimum atomic E-state index is -0.565. The van der Waals surface area contributed by atoms with Crippen LogP contribution in [0.15, 0.2) is 72.9 Å². The minimum absolute atomic E-state index is 0.0220. The smallest absolute Gasteiger partial charge is 0.240 e. The van der Waals surface area contributed by atoms with Crippen LogP contribution in [0.25, 0.3) is 5.69 Å². The number of anilines is 1. The molecule has 2 aromatic carbocycles. The van der Waals surface area contributed by atoms with Gasteiger partial charge >= 0.3 is 0 Å². The Morgan fingerprint density at radius 3 is 2.45 bits per heavy atom. The van der Waals surface area contributed by atoms with E-state index in [4.69, 9.17) is 5.10 Å². The van der Waals surface area contributed by atoms with Crippen molar-refractivity contribution in [2.24, 2.45) is 0 Å². The molecule has 3 heterocycles. The Labute approximate surface area is 235 Å². The van der Waals surface area contributed by atoms with Gasteiger partial charge in [0, 0.05) is 22.7 Å². The molecule has 1 unspecified atom stereocenters. The molecular formula is C30H29F2N5O2S. The molecule has 40 heavy (non-hydrogen) atoms. The molecule has 4 aromatic rings. The van der Waals surface area contributed by atoms with E-state index >= 15 is 4.39 Å². The highest BCUT2D eigenvalue weighted by atomic mass is 32.2. The fraction of sp³-hybridized carbons (Fsp3) is 0.267. The zero-order valence-corrected chi connectivity index (χ0v) is 23.2. The van der Waals surface area contributed by atoms with Crippen LogP contribution < -0.4 is 10.2 Å². The maximum absolute atomic E-state index is 15.2. The highest BCUT2D eigenvalue weighted by molar-refractivity contribution is 8.00. The van der Waals surface area contributed by atoms with Gasteiger partial charge in [-0.3, -0.25) is 19.5 Å². The van der Waals surface area contributed by atoms with Gasteiger partial charge in [-0.1, -0.05) is 45.0 Å². The third-order valence-corrected chi connectivity index (χ3v) is 7.79. The van der Waals surface area contributed by atoms with Crippen molar-refractivity contribution in [2.75, 3.05) is 17.2 Å². The molecule has 1 aliphatic rings. The summed E-state index contributed by atoms with van der Waals surface area (Å²) in [7, 11) is 0. The standard InChI is InChI=1S/C30H29F2N5O2S/c1-30(2,3)28-26-27(22-9-4-5-10-23(22)32)40-18-25(39)36(17-24(38)34-16-20-8-6-7-15-33-20)29(26)37(35-28)21-13-11-19(31)12-14-21/h4-15,27H,16-18H2,1-3H3,(H,34,38). The van der Waals surface area contributed by atoms with Crippen LogP contribution in [0, 0.1) is 11.6 Å². The summed E-state index contributed by atoms with van der Waals surface area (Å²) in [4.78, 5) is 32.5. The van der Waals surface area contributed by atoms with E-state index < -0.39 is 22.3 Å². The predicted octanol–water partition coefficient (Wildman–Crippen LogP) is 5.33. The van der Waals surface area contributed by atoms with Crippen LogP contribution >= 0.6 is 11.8 Å². The highest BCUT2D eigenvalue weighted by Crippen LogP contribution is 2.48. The Morgan fingerprint density at radius 2 is 1.77 bits per heavy atom. The molecule has 1 atom stereocenters. The molecular weight excluding hydrogens is 532 g/mol. The summed E-state index contributed by atoms with van der Waals surface area (Å²) in [5.41, 5.74) is 2.42. The fourth-order valence-corrected chi connectivity index (χ4v) is 5.88. The molecule has 0 saturated carbocycles. The molecule has 0 aliphatic carbocycles. The first-order chi connectivity index (χ1) is 19.1. The molecule has 0 saturated heterocycles. The highest BCUT2D eigenvalue weighted by Gasteiger charge is 2.40. The van der Waals surface area contributed by atoms with Gasteiger partial charge in [-0.05, 0) is 42.5 Å². The zero-order valence-electron chi connectivity index (χ0n) is 22.4. The van der Waals surface area contributed by atoms with E-state index in [9.17, 15) is 14.0 Å². The summed E-state index contributed by atoms with van der Waals surface area (Å²) < 4.78 is 30.7. The van der Waals surface area contributed by atoms with E-state index in [0.717, 1.165) is 0 Å². The average Bonchev–Trinajstić information content (AvgIpc) is 3.27. The van der Waals surface area contributed by atoms with Gasteiger partial charge in [0.1, 0.15) is 24.0 Å². The van der Waals surface area contributed by atoms with E-state index in [1.807, 2.05) is 26.8 Å². The Bertz CT molecular complexity index is 1530. The van der Waals surface area contributed by atoms with E-state index in [1.54, 1.807) is 53.3 Å². The number of nitrogens with one attached hydrogen (secondary N) is 1. The second-order valence-electron chi connectivity index (χ2n) is 10.5. The number of carbonyl (C=O) groups is 2. The van der Waals surface area contributed by atoms with Crippen molar-refractivity contribution in [3.05, 3.63) is 107 Å². The number of rotatable bonds is 6. The first-order valence-corrected chi connectivity index (χ1v) is 13.9. The fourth-order valence-electron chi connectivity index (χ4n) is 4.66. The van der Waals surface area contributed by atoms with Gasteiger partial charge in [0.15, 0.2) is 0 Å². The lowest BCUT2D eigenvalue weighted by Gasteiger charge is -2.24. The van der Waals surface area contributed by atoms with Crippen LogP contribution in [-0.2, 0) is 21.5 Å². The quantitative estimate of drug-likeness (QED) is 0.344. The molecule has 0 bridgehead atoms. The molecule has 206 valence electrons. The topological polar surface area (TPSA) is 80.1 Å². The number of carbonyl (C=O) groups excluding carboxylic acids is 2. The minimum Gasteiger partial charge on any atom is -0.349 e. The monoisotopic (exact) mass is 561 g/mol. The average molecular weight is 562 g/mol. The van der Waals surface area contributed by atoms with Crippen molar-refractivity contribution >= 4 is 29.4 Å². The third kappa shape index (κ3) is 5.62. The van der Waals surface area contributed by atoms with Gasteiger partial charge in [-0.25, -0.2) is 13.5 Å². The number of thioether (sulfide) groups is 1. The molecule has 1 N–H and O–H groups in total. The van der Waals surface area contributed by atoms with Gasteiger partial charge in [-0.2, -0.15) is 5.10 Å². The van der Waals surface area contributed by atoms with Gasteiger partial charge in [0.2, 0.25) is 11.8 Å². The Morgan fingerprint density at radius 1 is 1.05 bits per heavy atom. The van der Waals surface area contributed by atoms with Gasteiger partial charge in [-0.15, -0.1) is 11.8 Å². The lowest BCUT2D eigenvalue weighted by atomic mass is 9.87. The first kappa shape index (κ1) is 27.5. The number of nitrogens with zero attached hydrogens (tertiary/aromatic N) is 4. The van der Waals surface area contributed by atoms with Gasteiger partial charge in [0.05, 0.1) is 34.6 Å². The first-order valence-electron chi connectivity index (χ1n) is 12.9. The Hall–Kier alpha value is -4.05. The molecule has 5 rings (SSSR count). The van der Waals surface area contributed by atoms with Crippen LogP contribution in [0.4, 0.5) is 14.6 Å². The van der Waals surface area contributed by atoms with Gasteiger partial charge < -0.3 is 5.32 Å². The number of benzene rings is 2. The van der Waals surface area contributed by atoms with Crippen molar-refractivity contribution in [3.63, 3.8) is 0 Å². The Kier molecular flexibility index (Phi) is 7.71. The van der Waals surface area contributed by atoms with Crippen LogP contribution in [0.5, 0.6) is 0 Å². The number of pyridine rings is 1. The molecule has 2 amide bonds. The van der Waals surface area contributed by atoms with Crippen LogP contribution in [0.2, 0.25) is 0 Å². The molecule has 0 fully saturated rings. The summed E-state index contributed by atoms with van der Waals surface area (Å²) >= 11 is 1.30. The number of halogens is 2. The second-order valence-corrected chi connectivity index (χ2v) is 11.6. The van der Waals surface area contributed by atoms with Crippen molar-refractivity contribution in [1.29, 1.82) is 0 Å². The zero-order chi connectivity index (χ0) is 28.4. The summed E-state index contributed by atoms with van der Waals surface area (Å²) in [6.07, 6.45) is 1.64. The molecule has 1 aliphatic heterocycles. The molecule has 0 spiro atoms. The number of amides is 2. The normalized spacial score (nSPS) is 15.5. The number of fused-ring (bicyclic) bond motifs is 1.